The first-order valence-electron chi connectivity index (χ1n) is 17.5. The van der Waals surface area contributed by atoms with Gasteiger partial charge in [0, 0.05) is 0 Å². The van der Waals surface area contributed by atoms with Crippen LogP contribution in [0.4, 0.5) is 0 Å². The van der Waals surface area contributed by atoms with Gasteiger partial charge in [-0.1, -0.05) is 172 Å². The summed E-state index contributed by atoms with van der Waals surface area (Å²) < 4.78 is 0. The molecule has 4 unspecified atom stereocenters. The molecule has 0 saturated heterocycles. The van der Waals surface area contributed by atoms with Gasteiger partial charge in [-0.3, -0.25) is 0 Å². The Hall–Kier alpha value is -1.04. The van der Waals surface area contributed by atoms with E-state index in [1.54, 1.807) is 10.6 Å². The lowest BCUT2D eigenvalue weighted by atomic mass is 10.4. The standard InChI is InChI=1S/C39H67PSi4/c1-14-31-41(8,9)37(18-5)44(38(19-6)42(10,11)32-15-2,39(20-7)43(12,13)33-16-3)36(17-4)40(34-27-23-21-24-28-34)35-29-25-22-26-30-35/h14-16,21-30,36-39H,1-3,17-20,31-33H2,4-13H3. The molecule has 0 fully saturated rings. The number of hydrogen-bond acceptors (Lipinski definition) is 0. The maximum atomic E-state index is 4.37. The summed E-state index contributed by atoms with van der Waals surface area (Å²) in [7, 11) is -7.85. The predicted octanol–water partition coefficient (Wildman–Crippen LogP) is 12.5. The summed E-state index contributed by atoms with van der Waals surface area (Å²) in [5.74, 6) is 0. The van der Waals surface area contributed by atoms with E-state index < -0.39 is 40.2 Å². The molecule has 0 aliphatic rings. The van der Waals surface area contributed by atoms with E-state index in [2.05, 4.69) is 166 Å². The quantitative estimate of drug-likeness (QED) is 0.0743. The van der Waals surface area contributed by atoms with Gasteiger partial charge in [0.2, 0.25) is 0 Å². The van der Waals surface area contributed by atoms with Gasteiger partial charge in [-0.2, -0.15) is 0 Å². The van der Waals surface area contributed by atoms with E-state index in [0.717, 1.165) is 20.8 Å². The largest absolute Gasteiger partial charge is 0.103 e. The lowest BCUT2D eigenvalue weighted by Gasteiger charge is -2.64. The Balaban J connectivity index is 3.34. The van der Waals surface area contributed by atoms with Crippen LogP contribution in [0, 0.1) is 0 Å². The van der Waals surface area contributed by atoms with Crippen LogP contribution >= 0.6 is 7.92 Å². The van der Waals surface area contributed by atoms with Crippen LogP contribution in [0.1, 0.15) is 53.4 Å². The molecule has 0 aromatic heterocycles. The van der Waals surface area contributed by atoms with Crippen molar-refractivity contribution in [3.63, 3.8) is 0 Å². The van der Waals surface area contributed by atoms with Crippen molar-refractivity contribution in [3.8, 4) is 0 Å². The van der Waals surface area contributed by atoms with E-state index in [1.807, 2.05) is 0 Å². The molecular weight excluding hydrogens is 612 g/mol. The van der Waals surface area contributed by atoms with Crippen LogP contribution in [0.25, 0.3) is 0 Å². The van der Waals surface area contributed by atoms with Gasteiger partial charge < -0.3 is 0 Å². The van der Waals surface area contributed by atoms with E-state index in [9.17, 15) is 0 Å². The van der Waals surface area contributed by atoms with E-state index in [-0.39, 0.29) is 0 Å². The molecule has 0 heterocycles. The summed E-state index contributed by atoms with van der Waals surface area (Å²) in [5, 5.41) is 6.44. The van der Waals surface area contributed by atoms with Gasteiger partial charge in [-0.25, -0.2) is 0 Å². The van der Waals surface area contributed by atoms with Crippen LogP contribution in [-0.4, -0.2) is 37.6 Å². The molecule has 0 bridgehead atoms. The summed E-state index contributed by atoms with van der Waals surface area (Å²) in [6.07, 6.45) is 12.2. The zero-order chi connectivity index (χ0) is 33.2. The average Bonchev–Trinajstić information content (AvgIpc) is 2.96. The summed E-state index contributed by atoms with van der Waals surface area (Å²) in [6.45, 7) is 40.0. The number of benzene rings is 2. The lowest BCUT2D eigenvalue weighted by Crippen LogP contribution is -2.71. The summed E-state index contributed by atoms with van der Waals surface area (Å²) in [5.41, 5.74) is 0. The van der Waals surface area contributed by atoms with Crippen LogP contribution in [0.15, 0.2) is 98.6 Å². The van der Waals surface area contributed by atoms with Crippen LogP contribution in [0.2, 0.25) is 72.9 Å². The van der Waals surface area contributed by atoms with Crippen molar-refractivity contribution < 1.29 is 0 Å². The molecule has 0 spiro atoms. The average molecular weight is 679 g/mol. The molecule has 244 valence electrons. The first-order valence-corrected chi connectivity index (χ1v) is 31.1. The van der Waals surface area contributed by atoms with Gasteiger partial charge >= 0.3 is 0 Å². The topological polar surface area (TPSA) is 0 Å². The van der Waals surface area contributed by atoms with Crippen molar-refractivity contribution in [2.24, 2.45) is 0 Å². The molecule has 0 N–H and O–H groups in total. The van der Waals surface area contributed by atoms with Crippen molar-refractivity contribution in [1.29, 1.82) is 0 Å². The SMILES string of the molecule is C=CC[Si](C)(C)C(CC)[Si](C(CC)P(c1ccccc1)c1ccccc1)(C(CC)[Si](C)(C)CC=C)C(CC)[Si](C)(C)CC=C. The van der Waals surface area contributed by atoms with Crippen molar-refractivity contribution in [1.82, 2.24) is 0 Å². The number of allylic oxidation sites excluding steroid dienone is 3. The van der Waals surface area contributed by atoms with Gasteiger partial charge in [-0.05, 0) is 57.4 Å². The van der Waals surface area contributed by atoms with Gasteiger partial charge in [-0.15, -0.1) is 19.7 Å². The van der Waals surface area contributed by atoms with Crippen molar-refractivity contribution in [2.75, 3.05) is 0 Å². The van der Waals surface area contributed by atoms with Crippen molar-refractivity contribution in [3.05, 3.63) is 98.6 Å². The second-order valence-electron chi connectivity index (χ2n) is 15.3. The van der Waals surface area contributed by atoms with E-state index in [4.69, 9.17) is 0 Å². The third-order valence-electron chi connectivity index (χ3n) is 11.2. The van der Waals surface area contributed by atoms with Crippen LogP contribution < -0.4 is 10.6 Å². The fraction of sp³-hybridized carbons (Fsp3) is 0.538. The Morgan fingerprint density at radius 1 is 0.523 bits per heavy atom. The minimum Gasteiger partial charge on any atom is -0.103 e. The predicted molar refractivity (Wildman–Crippen MR) is 218 cm³/mol. The third-order valence-corrected chi connectivity index (χ3v) is 44.9. The van der Waals surface area contributed by atoms with E-state index in [0.29, 0.717) is 0 Å². The monoisotopic (exact) mass is 678 g/mol. The molecule has 5 heteroatoms. The van der Waals surface area contributed by atoms with E-state index >= 15 is 0 Å². The Labute approximate surface area is 279 Å². The minimum absolute atomic E-state index is 0.535. The molecule has 2 rings (SSSR count). The highest BCUT2D eigenvalue weighted by Gasteiger charge is 2.65. The molecule has 2 aromatic rings. The Kier molecular flexibility index (Phi) is 15.3. The van der Waals surface area contributed by atoms with Gasteiger partial charge in [0.25, 0.3) is 0 Å². The zero-order valence-electron chi connectivity index (χ0n) is 30.3. The second-order valence-corrected chi connectivity index (χ2v) is 39.9. The Morgan fingerprint density at radius 3 is 1.05 bits per heavy atom. The molecule has 0 aliphatic heterocycles. The number of hydrogen-bond donors (Lipinski definition) is 0. The van der Waals surface area contributed by atoms with Gasteiger partial charge in [0.1, 0.15) is 0 Å². The first-order chi connectivity index (χ1) is 20.8. The Bertz CT molecular complexity index is 1040. The molecule has 44 heavy (non-hydrogen) atoms. The minimum atomic E-state index is -2.19. The normalized spacial score (nSPS) is 16.9. The summed E-state index contributed by atoms with van der Waals surface area (Å²) in [6, 6.07) is 27.3. The number of rotatable bonds is 20. The van der Waals surface area contributed by atoms with Crippen LogP contribution in [0.3, 0.4) is 0 Å². The molecule has 0 aliphatic carbocycles. The molecule has 2 aromatic carbocycles. The fourth-order valence-electron chi connectivity index (χ4n) is 10.2. The molecule has 0 radical (unpaired) electrons. The van der Waals surface area contributed by atoms with E-state index in [1.165, 1.54) is 43.8 Å². The lowest BCUT2D eigenvalue weighted by molar-refractivity contribution is 0.765. The van der Waals surface area contributed by atoms with Crippen molar-refractivity contribution in [2.45, 2.75) is 132 Å². The van der Waals surface area contributed by atoms with Crippen LogP contribution in [0.5, 0.6) is 0 Å². The van der Waals surface area contributed by atoms with Crippen LogP contribution in [-0.2, 0) is 0 Å². The molecule has 4 atom stereocenters. The molecule has 0 saturated carbocycles. The third kappa shape index (κ3) is 8.26. The first kappa shape index (κ1) is 39.1. The second kappa shape index (κ2) is 17.2. The zero-order valence-corrected chi connectivity index (χ0v) is 35.2. The highest BCUT2D eigenvalue weighted by atomic mass is 31.1. The molecule has 0 amide bonds. The fourth-order valence-corrected chi connectivity index (χ4v) is 54.4. The highest BCUT2D eigenvalue weighted by Crippen LogP contribution is 2.65. The van der Waals surface area contributed by atoms with Gasteiger partial charge in [0.15, 0.2) is 0 Å². The maximum Gasteiger partial charge on any atom is 0.0633 e. The maximum absolute atomic E-state index is 4.37. The summed E-state index contributed by atoms with van der Waals surface area (Å²) >= 11 is 0. The van der Waals surface area contributed by atoms with Crippen molar-refractivity contribution >= 4 is 50.8 Å². The molecular formula is C39H67PSi4. The highest BCUT2D eigenvalue weighted by molar-refractivity contribution is 7.76. The summed E-state index contributed by atoms with van der Waals surface area (Å²) in [4.78, 5) is 0. The Morgan fingerprint density at radius 2 is 0.818 bits per heavy atom. The van der Waals surface area contributed by atoms with Gasteiger partial charge in [0.05, 0.1) is 32.3 Å². The smallest absolute Gasteiger partial charge is 0.0633 e. The molecule has 0 nitrogen and oxygen atoms in total.